The zero-order chi connectivity index (χ0) is 43.8. The summed E-state index contributed by atoms with van der Waals surface area (Å²) in [6.45, 7) is 0. The summed E-state index contributed by atoms with van der Waals surface area (Å²) in [5.41, 5.74) is -2.90. The van der Waals surface area contributed by atoms with Crippen molar-refractivity contribution in [2.75, 3.05) is 4.90 Å². The van der Waals surface area contributed by atoms with Gasteiger partial charge >= 0.3 is 18.5 Å². The van der Waals surface area contributed by atoms with Crippen molar-refractivity contribution in [3.05, 3.63) is 174 Å². The molecular weight excluding hydrogens is 838 g/mol. The molecule has 0 saturated heterocycles. The first-order chi connectivity index (χ1) is 30.2. The lowest BCUT2D eigenvalue weighted by molar-refractivity contribution is -0.138. The van der Waals surface area contributed by atoms with Crippen molar-refractivity contribution in [2.45, 2.75) is 24.7 Å². The van der Waals surface area contributed by atoms with Crippen LogP contribution in [0.25, 0.3) is 56.5 Å². The largest absolute Gasteiger partial charge is 0.418 e. The Kier molecular flexibility index (Phi) is 9.02. The highest BCUT2D eigenvalue weighted by Gasteiger charge is 2.42. The number of anilines is 1. The van der Waals surface area contributed by atoms with Gasteiger partial charge in [-0.1, -0.05) is 36.4 Å². The number of hydrogen-bond donors (Lipinski definition) is 1. The van der Waals surface area contributed by atoms with Gasteiger partial charge < -0.3 is 5.32 Å². The van der Waals surface area contributed by atoms with Crippen molar-refractivity contribution in [3.8, 4) is 34.2 Å². The minimum absolute atomic E-state index is 0.0322. The van der Waals surface area contributed by atoms with Crippen LogP contribution in [0.15, 0.2) is 157 Å². The topological polar surface area (TPSA) is 89.0 Å². The van der Waals surface area contributed by atoms with Crippen LogP contribution < -0.4 is 10.2 Å². The van der Waals surface area contributed by atoms with E-state index in [1.165, 1.54) is 99.2 Å². The second-order valence-corrected chi connectivity index (χ2v) is 14.4. The van der Waals surface area contributed by atoms with Crippen LogP contribution in [0.5, 0.6) is 0 Å². The maximum Gasteiger partial charge on any atom is 0.418 e. The highest BCUT2D eigenvalue weighted by atomic mass is 19.4. The van der Waals surface area contributed by atoms with Crippen LogP contribution in [0.1, 0.15) is 22.3 Å². The van der Waals surface area contributed by atoms with Crippen molar-refractivity contribution in [3.63, 3.8) is 0 Å². The Bertz CT molecular complexity index is 3060. The van der Waals surface area contributed by atoms with E-state index in [1.807, 2.05) is 0 Å². The van der Waals surface area contributed by atoms with Gasteiger partial charge in [0.2, 0.25) is 0 Å². The number of hydrogen-bond acceptors (Lipinski definition) is 7. The molecule has 0 aliphatic carbocycles. The number of benzene rings is 4. The molecule has 0 saturated carbocycles. The fourth-order valence-corrected chi connectivity index (χ4v) is 7.95. The molecule has 0 radical (unpaired) electrons. The first-order valence-corrected chi connectivity index (χ1v) is 19.0. The predicted molar refractivity (Wildman–Crippen MR) is 217 cm³/mol. The molecule has 4 aromatic carbocycles. The number of aromatic nitrogens is 6. The number of imidazole rings is 2. The molecule has 1 N–H and O–H groups in total. The second-order valence-electron chi connectivity index (χ2n) is 14.4. The SMILES string of the molecule is FC(F)(F)c1ccccc1N1C(c2cc(-c3nc4cccnc4n3-c3ccccc3C(F)(F)F)cc(-c3nc4cccnc4n3-c3ccccc3C(F)(F)F)c2)=NC2=CC=CNC21. The van der Waals surface area contributed by atoms with Crippen LogP contribution in [-0.2, 0) is 18.5 Å². The number of aliphatic imine (C=N–C) groups is 1. The molecule has 0 bridgehead atoms. The first-order valence-electron chi connectivity index (χ1n) is 19.0. The molecule has 1 atom stereocenters. The van der Waals surface area contributed by atoms with E-state index in [0.717, 1.165) is 18.2 Å². The average Bonchev–Trinajstić information content (AvgIpc) is 3.97. The minimum Gasteiger partial charge on any atom is -0.366 e. The molecule has 10 rings (SSSR count). The molecule has 0 spiro atoms. The second kappa shape index (κ2) is 14.4. The molecule has 0 fully saturated rings. The summed E-state index contributed by atoms with van der Waals surface area (Å²) in [4.78, 5) is 24.5. The van der Waals surface area contributed by atoms with E-state index < -0.39 is 41.4 Å². The van der Waals surface area contributed by atoms with E-state index in [0.29, 0.717) is 5.70 Å². The van der Waals surface area contributed by atoms with E-state index in [9.17, 15) is 39.5 Å². The molecule has 2 aliphatic heterocycles. The first kappa shape index (κ1) is 39.4. The predicted octanol–water partition coefficient (Wildman–Crippen LogP) is 11.1. The van der Waals surface area contributed by atoms with Crippen molar-refractivity contribution in [1.29, 1.82) is 0 Å². The Labute approximate surface area is 349 Å². The quantitative estimate of drug-likeness (QED) is 0.168. The molecule has 0 amide bonds. The molecule has 2 aliphatic rings. The highest BCUT2D eigenvalue weighted by Crippen LogP contribution is 2.44. The van der Waals surface area contributed by atoms with Gasteiger partial charge in [0.1, 0.15) is 34.7 Å². The average molecular weight is 864 g/mol. The van der Waals surface area contributed by atoms with Gasteiger partial charge in [-0.3, -0.25) is 14.0 Å². The highest BCUT2D eigenvalue weighted by molar-refractivity contribution is 6.14. The van der Waals surface area contributed by atoms with Crippen LogP contribution in [0.2, 0.25) is 0 Å². The fraction of sp³-hybridized carbons (Fsp3) is 0.0889. The van der Waals surface area contributed by atoms with Gasteiger partial charge in [0.05, 0.1) is 39.4 Å². The third-order valence-corrected chi connectivity index (χ3v) is 10.5. The fourth-order valence-electron chi connectivity index (χ4n) is 7.95. The molecule has 18 heteroatoms. The zero-order valence-electron chi connectivity index (χ0n) is 31.9. The van der Waals surface area contributed by atoms with E-state index in [1.54, 1.807) is 42.6 Å². The Morgan fingerprint density at radius 3 is 1.44 bits per heavy atom. The van der Waals surface area contributed by atoms with Crippen LogP contribution in [0.3, 0.4) is 0 Å². The monoisotopic (exact) mass is 863 g/mol. The number of para-hydroxylation sites is 3. The third kappa shape index (κ3) is 6.74. The minimum atomic E-state index is -4.84. The maximum atomic E-state index is 14.8. The van der Waals surface area contributed by atoms with Crippen molar-refractivity contribution in [2.24, 2.45) is 4.99 Å². The number of allylic oxidation sites excluding steroid dienone is 2. The standard InChI is InChI=1S/C45H26F9N9/c46-43(47,48)28-10-1-4-16-34(28)61-37(58-31-13-7-19-55-40(31)61)25-22-26(38-59-32-14-8-20-56-41(32)62(38)35-17-5-2-11-29(35)44(49,50)51)24-27(23-25)39-60-33-15-9-21-57-42(33)63(39)36-18-6-3-12-30(36)45(52,53)54/h1-24,40,55H. The van der Waals surface area contributed by atoms with Crippen molar-refractivity contribution >= 4 is 33.9 Å². The zero-order valence-corrected chi connectivity index (χ0v) is 31.9. The summed E-state index contributed by atoms with van der Waals surface area (Å²) in [6.07, 6.45) is -7.92. The molecule has 6 heterocycles. The molecule has 314 valence electrons. The van der Waals surface area contributed by atoms with Gasteiger partial charge in [-0.2, -0.15) is 39.5 Å². The Hall–Kier alpha value is -7.76. The number of halogens is 9. The molecule has 1 unspecified atom stereocenters. The van der Waals surface area contributed by atoms with E-state index in [4.69, 9.17) is 15.0 Å². The number of fused-ring (bicyclic) bond motifs is 3. The van der Waals surface area contributed by atoms with Crippen LogP contribution >= 0.6 is 0 Å². The van der Waals surface area contributed by atoms with E-state index in [2.05, 4.69) is 15.3 Å². The summed E-state index contributed by atoms with van der Waals surface area (Å²) >= 11 is 0. The number of nitrogens with one attached hydrogen (secondary N) is 1. The van der Waals surface area contributed by atoms with Gasteiger partial charge in [-0.25, -0.2) is 24.9 Å². The molecular formula is C45H26F9N9. The summed E-state index contributed by atoms with van der Waals surface area (Å²) in [5, 5.41) is 3.07. The number of nitrogens with zero attached hydrogens (tertiary/aromatic N) is 8. The third-order valence-electron chi connectivity index (χ3n) is 10.5. The Morgan fingerprint density at radius 2 is 0.952 bits per heavy atom. The number of dihydropyridines is 1. The van der Waals surface area contributed by atoms with Gasteiger partial charge in [0.15, 0.2) is 11.3 Å². The summed E-state index contributed by atoms with van der Waals surface area (Å²) < 4.78 is 135. The van der Waals surface area contributed by atoms with Crippen molar-refractivity contribution in [1.82, 2.24) is 34.4 Å². The molecule has 63 heavy (non-hydrogen) atoms. The normalized spacial score (nSPS) is 15.4. The molecule has 4 aromatic heterocycles. The van der Waals surface area contributed by atoms with E-state index in [-0.39, 0.29) is 73.6 Å². The number of amidine groups is 1. The maximum absolute atomic E-state index is 14.8. The molecule has 9 nitrogen and oxygen atoms in total. The van der Waals surface area contributed by atoms with Crippen LogP contribution in [0, 0.1) is 0 Å². The summed E-state index contributed by atoms with van der Waals surface area (Å²) in [6, 6.07) is 25.2. The summed E-state index contributed by atoms with van der Waals surface area (Å²) in [5.74, 6) is -0.204. The van der Waals surface area contributed by atoms with Crippen molar-refractivity contribution < 1.29 is 39.5 Å². The number of alkyl halides is 9. The molecule has 8 aromatic rings. The summed E-state index contributed by atoms with van der Waals surface area (Å²) in [7, 11) is 0. The Balaban J connectivity index is 1.31. The van der Waals surface area contributed by atoms with Gasteiger partial charge in [-0.15, -0.1) is 0 Å². The van der Waals surface area contributed by atoms with Gasteiger partial charge in [-0.05, 0) is 97.2 Å². The van der Waals surface area contributed by atoms with Crippen LogP contribution in [0.4, 0.5) is 45.2 Å². The van der Waals surface area contributed by atoms with Gasteiger partial charge in [0, 0.05) is 29.1 Å². The number of rotatable bonds is 6. The smallest absolute Gasteiger partial charge is 0.366 e. The Morgan fingerprint density at radius 1 is 0.508 bits per heavy atom. The lowest BCUT2D eigenvalue weighted by atomic mass is 10.0. The lowest BCUT2D eigenvalue weighted by Crippen LogP contribution is -2.45. The van der Waals surface area contributed by atoms with Gasteiger partial charge in [0.25, 0.3) is 0 Å². The number of pyridine rings is 2. The lowest BCUT2D eigenvalue weighted by Gasteiger charge is -2.31. The van der Waals surface area contributed by atoms with E-state index >= 15 is 0 Å². The van der Waals surface area contributed by atoms with Crippen LogP contribution in [-0.4, -0.2) is 41.1 Å².